The first-order valence-corrected chi connectivity index (χ1v) is 4.04. The summed E-state index contributed by atoms with van der Waals surface area (Å²) in [5.74, 6) is -0.140. The summed E-state index contributed by atoms with van der Waals surface area (Å²) < 4.78 is 0. The Morgan fingerprint density at radius 2 is 1.91 bits per heavy atom. The van der Waals surface area contributed by atoms with Crippen LogP contribution in [-0.2, 0) is 4.79 Å². The zero-order valence-corrected chi connectivity index (χ0v) is 7.90. The molecule has 1 amide bonds. The fraction of sp³-hybridized carbons (Fsp3) is 0.625. The molecule has 0 saturated carbocycles. The van der Waals surface area contributed by atoms with Gasteiger partial charge in [-0.1, -0.05) is 11.6 Å². The second kappa shape index (κ2) is 5.19. The third-order valence-electron chi connectivity index (χ3n) is 1.46. The van der Waals surface area contributed by atoms with Gasteiger partial charge in [-0.3, -0.25) is 4.79 Å². The molecule has 0 unspecified atom stereocenters. The maximum absolute atomic E-state index is 11.2. The first kappa shape index (κ1) is 10.5. The van der Waals surface area contributed by atoms with Gasteiger partial charge in [0.05, 0.1) is 0 Å². The van der Waals surface area contributed by atoms with E-state index in [0.717, 1.165) is 0 Å². The molecule has 0 aliphatic heterocycles. The Labute approximate surface area is 72.8 Å². The van der Waals surface area contributed by atoms with Crippen molar-refractivity contribution in [2.24, 2.45) is 0 Å². The number of amides is 1. The van der Waals surface area contributed by atoms with Crippen LogP contribution in [0.4, 0.5) is 0 Å². The van der Waals surface area contributed by atoms with Crippen molar-refractivity contribution in [2.45, 2.75) is 20.8 Å². The Balaban J connectivity index is 4.21. The molecule has 0 spiro atoms. The van der Waals surface area contributed by atoms with Crippen LogP contribution in [0, 0.1) is 6.08 Å². The predicted molar refractivity (Wildman–Crippen MR) is 46.2 cm³/mol. The van der Waals surface area contributed by atoms with Crippen LogP contribution >= 0.6 is 11.6 Å². The first-order valence-electron chi connectivity index (χ1n) is 3.66. The van der Waals surface area contributed by atoms with Crippen molar-refractivity contribution < 1.29 is 4.79 Å². The van der Waals surface area contributed by atoms with E-state index in [1.807, 2.05) is 13.8 Å². The molecule has 0 aliphatic rings. The third kappa shape index (κ3) is 2.93. The van der Waals surface area contributed by atoms with Crippen LogP contribution in [-0.4, -0.2) is 23.9 Å². The highest BCUT2D eigenvalue weighted by atomic mass is 35.5. The standard InChI is InChI=1S/C8H13ClNO/c1-4-7(9)8(11)10(5-2)6-3/h5-6H2,1-3H3. The zero-order chi connectivity index (χ0) is 8.85. The number of hydrogen-bond acceptors (Lipinski definition) is 1. The summed E-state index contributed by atoms with van der Waals surface area (Å²) in [6.45, 7) is 6.84. The minimum Gasteiger partial charge on any atom is -0.338 e. The van der Waals surface area contributed by atoms with Gasteiger partial charge in [-0.25, -0.2) is 0 Å². The second-order valence-electron chi connectivity index (χ2n) is 2.04. The van der Waals surface area contributed by atoms with E-state index in [0.29, 0.717) is 13.1 Å². The number of nitrogens with zero attached hydrogens (tertiary/aromatic N) is 1. The molecule has 0 saturated heterocycles. The van der Waals surface area contributed by atoms with E-state index in [4.69, 9.17) is 11.6 Å². The molecule has 0 aliphatic carbocycles. The van der Waals surface area contributed by atoms with Crippen LogP contribution < -0.4 is 0 Å². The maximum atomic E-state index is 11.2. The van der Waals surface area contributed by atoms with Crippen molar-refractivity contribution in [1.82, 2.24) is 4.90 Å². The molecule has 0 bridgehead atoms. The SMILES string of the molecule is C/[C]=C(/Cl)C(=O)N(CC)CC. The summed E-state index contributed by atoms with van der Waals surface area (Å²) in [6.07, 6.45) is 2.60. The summed E-state index contributed by atoms with van der Waals surface area (Å²) in [7, 11) is 0. The lowest BCUT2D eigenvalue weighted by Gasteiger charge is -2.17. The van der Waals surface area contributed by atoms with Crippen LogP contribution in [0.15, 0.2) is 5.03 Å². The Bertz CT molecular complexity index is 161. The van der Waals surface area contributed by atoms with E-state index in [2.05, 4.69) is 6.08 Å². The molecular formula is C8H13ClNO. The van der Waals surface area contributed by atoms with Gasteiger partial charge in [0, 0.05) is 13.1 Å². The normalized spacial score (nSPS) is 11.5. The number of allylic oxidation sites excluding steroid dienone is 1. The molecule has 0 aromatic heterocycles. The Hall–Kier alpha value is -0.500. The fourth-order valence-corrected chi connectivity index (χ4v) is 0.876. The molecule has 0 fully saturated rings. The van der Waals surface area contributed by atoms with Crippen LogP contribution in [0.5, 0.6) is 0 Å². The summed E-state index contributed by atoms with van der Waals surface area (Å²) in [4.78, 5) is 12.9. The smallest absolute Gasteiger partial charge is 0.265 e. The topological polar surface area (TPSA) is 20.3 Å². The summed E-state index contributed by atoms with van der Waals surface area (Å²) in [5.41, 5.74) is 0. The van der Waals surface area contributed by atoms with Crippen LogP contribution in [0.25, 0.3) is 0 Å². The fourth-order valence-electron chi connectivity index (χ4n) is 0.757. The molecule has 1 radical (unpaired) electrons. The predicted octanol–water partition coefficient (Wildman–Crippen LogP) is 1.80. The summed E-state index contributed by atoms with van der Waals surface area (Å²) in [5, 5.41) is 0.175. The summed E-state index contributed by atoms with van der Waals surface area (Å²) >= 11 is 5.58. The largest absolute Gasteiger partial charge is 0.338 e. The number of halogens is 1. The molecule has 63 valence electrons. The van der Waals surface area contributed by atoms with E-state index in [-0.39, 0.29) is 10.9 Å². The van der Waals surface area contributed by atoms with Gasteiger partial charge < -0.3 is 4.90 Å². The second-order valence-corrected chi connectivity index (χ2v) is 2.42. The Morgan fingerprint density at radius 1 is 1.45 bits per heavy atom. The van der Waals surface area contributed by atoms with Gasteiger partial charge in [0.2, 0.25) is 0 Å². The molecule has 0 N–H and O–H groups in total. The Kier molecular flexibility index (Phi) is 4.95. The van der Waals surface area contributed by atoms with Crippen molar-refractivity contribution in [3.8, 4) is 0 Å². The first-order chi connectivity index (χ1) is 5.17. The molecule has 0 rings (SSSR count). The summed E-state index contributed by atoms with van der Waals surface area (Å²) in [6, 6.07) is 0. The quantitative estimate of drug-likeness (QED) is 0.598. The van der Waals surface area contributed by atoms with Crippen molar-refractivity contribution in [3.05, 3.63) is 11.1 Å². The highest BCUT2D eigenvalue weighted by Crippen LogP contribution is 2.05. The molecule has 0 aromatic rings. The van der Waals surface area contributed by atoms with Crippen molar-refractivity contribution in [3.63, 3.8) is 0 Å². The minimum absolute atomic E-state index is 0.140. The molecule has 0 atom stereocenters. The number of rotatable bonds is 3. The van der Waals surface area contributed by atoms with Crippen molar-refractivity contribution >= 4 is 17.5 Å². The number of carbonyl (C=O) groups excluding carboxylic acids is 1. The molecule has 3 heteroatoms. The van der Waals surface area contributed by atoms with Crippen LogP contribution in [0.3, 0.4) is 0 Å². The number of carbonyl (C=O) groups is 1. The third-order valence-corrected chi connectivity index (χ3v) is 1.81. The van der Waals surface area contributed by atoms with E-state index in [1.165, 1.54) is 0 Å². The van der Waals surface area contributed by atoms with E-state index < -0.39 is 0 Å². The van der Waals surface area contributed by atoms with Gasteiger partial charge in [-0.2, -0.15) is 0 Å². The molecular weight excluding hydrogens is 162 g/mol. The Morgan fingerprint density at radius 3 is 2.18 bits per heavy atom. The lowest BCUT2D eigenvalue weighted by molar-refractivity contribution is -0.126. The van der Waals surface area contributed by atoms with Crippen LogP contribution in [0.2, 0.25) is 0 Å². The van der Waals surface area contributed by atoms with Gasteiger partial charge in [0.15, 0.2) is 0 Å². The maximum Gasteiger partial charge on any atom is 0.265 e. The van der Waals surface area contributed by atoms with Gasteiger partial charge in [-0.15, -0.1) is 0 Å². The van der Waals surface area contributed by atoms with E-state index in [1.54, 1.807) is 11.8 Å². The molecule has 2 nitrogen and oxygen atoms in total. The average molecular weight is 175 g/mol. The lowest BCUT2D eigenvalue weighted by atomic mass is 10.4. The van der Waals surface area contributed by atoms with Gasteiger partial charge in [0.1, 0.15) is 5.03 Å². The molecule has 11 heavy (non-hydrogen) atoms. The van der Waals surface area contributed by atoms with Crippen molar-refractivity contribution in [1.29, 1.82) is 0 Å². The van der Waals surface area contributed by atoms with Crippen LogP contribution in [0.1, 0.15) is 20.8 Å². The number of hydrogen-bond donors (Lipinski definition) is 0. The molecule has 0 aromatic carbocycles. The highest BCUT2D eigenvalue weighted by Gasteiger charge is 2.11. The minimum atomic E-state index is -0.140. The number of likely N-dealkylation sites (N-methyl/N-ethyl adjacent to an activating group) is 1. The van der Waals surface area contributed by atoms with Gasteiger partial charge in [0.25, 0.3) is 5.91 Å². The zero-order valence-electron chi connectivity index (χ0n) is 7.15. The average Bonchev–Trinajstić information content (AvgIpc) is 2.05. The van der Waals surface area contributed by atoms with Gasteiger partial charge >= 0.3 is 0 Å². The lowest BCUT2D eigenvalue weighted by Crippen LogP contribution is -2.30. The van der Waals surface area contributed by atoms with Crippen molar-refractivity contribution in [2.75, 3.05) is 13.1 Å². The molecule has 0 heterocycles. The highest BCUT2D eigenvalue weighted by molar-refractivity contribution is 6.41. The van der Waals surface area contributed by atoms with E-state index >= 15 is 0 Å². The van der Waals surface area contributed by atoms with Gasteiger partial charge in [-0.05, 0) is 26.8 Å². The van der Waals surface area contributed by atoms with E-state index in [9.17, 15) is 4.79 Å². The monoisotopic (exact) mass is 174 g/mol.